The molecule has 1 aliphatic heterocycles. The monoisotopic (exact) mass is 291 g/mol. The number of nitrogens with zero attached hydrogens (tertiary/aromatic N) is 2. The number of amides is 2. The van der Waals surface area contributed by atoms with Crippen molar-refractivity contribution >= 4 is 12.0 Å². The molecule has 1 aromatic heterocycles. The fourth-order valence-electron chi connectivity index (χ4n) is 2.14. The summed E-state index contributed by atoms with van der Waals surface area (Å²) in [5.74, 6) is -0.145. The van der Waals surface area contributed by atoms with Gasteiger partial charge < -0.3 is 15.0 Å². The Balaban J connectivity index is 1.86. The van der Waals surface area contributed by atoms with Crippen LogP contribution in [0.4, 0.5) is 4.79 Å². The molecule has 1 fully saturated rings. The maximum atomic E-state index is 12.0. The fourth-order valence-corrected chi connectivity index (χ4v) is 2.14. The van der Waals surface area contributed by atoms with Gasteiger partial charge in [-0.25, -0.2) is 4.79 Å². The van der Waals surface area contributed by atoms with Crippen LogP contribution in [-0.4, -0.2) is 46.6 Å². The second kappa shape index (κ2) is 6.11. The molecule has 6 nitrogen and oxygen atoms in total. The first-order valence-electron chi connectivity index (χ1n) is 7.04. The molecule has 1 saturated heterocycles. The van der Waals surface area contributed by atoms with E-state index >= 15 is 0 Å². The number of pyridine rings is 1. The van der Waals surface area contributed by atoms with Crippen LogP contribution in [0, 0.1) is 0 Å². The summed E-state index contributed by atoms with van der Waals surface area (Å²) < 4.78 is 5.33. The van der Waals surface area contributed by atoms with Gasteiger partial charge in [-0.2, -0.15) is 0 Å². The quantitative estimate of drug-likeness (QED) is 0.902. The predicted molar refractivity (Wildman–Crippen MR) is 77.9 cm³/mol. The Hall–Kier alpha value is -2.11. The van der Waals surface area contributed by atoms with Crippen molar-refractivity contribution in [1.82, 2.24) is 15.2 Å². The lowest BCUT2D eigenvalue weighted by Crippen LogP contribution is -2.40. The van der Waals surface area contributed by atoms with E-state index in [0.29, 0.717) is 18.7 Å². The minimum Gasteiger partial charge on any atom is -0.444 e. The number of likely N-dealkylation sites (tertiary alicyclic amines) is 1. The molecule has 2 heterocycles. The number of ether oxygens (including phenoxy) is 1. The Labute approximate surface area is 124 Å². The van der Waals surface area contributed by atoms with Gasteiger partial charge >= 0.3 is 6.09 Å². The van der Waals surface area contributed by atoms with Gasteiger partial charge in [0, 0.05) is 37.1 Å². The molecule has 1 atom stereocenters. The molecule has 2 amide bonds. The van der Waals surface area contributed by atoms with Crippen molar-refractivity contribution in [3.63, 3.8) is 0 Å². The molecule has 6 heteroatoms. The summed E-state index contributed by atoms with van der Waals surface area (Å²) in [7, 11) is 0. The molecule has 1 N–H and O–H groups in total. The van der Waals surface area contributed by atoms with Gasteiger partial charge in [-0.15, -0.1) is 0 Å². The molecular weight excluding hydrogens is 270 g/mol. The smallest absolute Gasteiger partial charge is 0.410 e. The van der Waals surface area contributed by atoms with Crippen LogP contribution in [-0.2, 0) is 4.74 Å². The Kier molecular flexibility index (Phi) is 4.45. The first-order valence-corrected chi connectivity index (χ1v) is 7.04. The van der Waals surface area contributed by atoms with Crippen molar-refractivity contribution in [2.24, 2.45) is 0 Å². The second-order valence-electron chi connectivity index (χ2n) is 6.12. The minimum atomic E-state index is -0.505. The third-order valence-electron chi connectivity index (χ3n) is 3.12. The van der Waals surface area contributed by atoms with E-state index < -0.39 is 5.60 Å². The molecule has 2 rings (SSSR count). The van der Waals surface area contributed by atoms with Crippen LogP contribution >= 0.6 is 0 Å². The molecule has 1 aromatic rings. The highest BCUT2D eigenvalue weighted by Gasteiger charge is 2.30. The maximum Gasteiger partial charge on any atom is 0.410 e. The lowest BCUT2D eigenvalue weighted by atomic mass is 10.2. The summed E-state index contributed by atoms with van der Waals surface area (Å²) in [5.41, 5.74) is 0.0656. The highest BCUT2D eigenvalue weighted by Crippen LogP contribution is 2.15. The summed E-state index contributed by atoms with van der Waals surface area (Å²) in [5, 5.41) is 2.93. The van der Waals surface area contributed by atoms with Gasteiger partial charge in [-0.05, 0) is 39.3 Å². The van der Waals surface area contributed by atoms with Crippen LogP contribution in [0.25, 0.3) is 0 Å². The first-order chi connectivity index (χ1) is 9.85. The zero-order valence-electron chi connectivity index (χ0n) is 12.6. The van der Waals surface area contributed by atoms with E-state index in [9.17, 15) is 9.59 Å². The summed E-state index contributed by atoms with van der Waals surface area (Å²) >= 11 is 0. The molecule has 1 aliphatic rings. The Morgan fingerprint density at radius 3 is 2.62 bits per heavy atom. The number of carbonyl (C=O) groups is 2. The van der Waals surface area contributed by atoms with E-state index in [1.54, 1.807) is 29.4 Å². The van der Waals surface area contributed by atoms with Gasteiger partial charge in [-0.3, -0.25) is 9.78 Å². The molecule has 0 radical (unpaired) electrons. The third-order valence-corrected chi connectivity index (χ3v) is 3.12. The summed E-state index contributed by atoms with van der Waals surface area (Å²) in [6.07, 6.45) is 3.56. The van der Waals surface area contributed by atoms with Crippen molar-refractivity contribution in [3.05, 3.63) is 30.1 Å². The van der Waals surface area contributed by atoms with Crippen molar-refractivity contribution in [2.75, 3.05) is 13.1 Å². The standard InChI is InChI=1S/C15H21N3O3/c1-15(2,3)21-14(20)18-9-6-12(10-18)17-13(19)11-4-7-16-8-5-11/h4-5,7-8,12H,6,9-10H2,1-3H3,(H,17,19)/t12-/m1/s1. The lowest BCUT2D eigenvalue weighted by molar-refractivity contribution is 0.0290. The molecule has 0 aromatic carbocycles. The summed E-state index contributed by atoms with van der Waals surface area (Å²) in [4.78, 5) is 29.5. The molecule has 0 unspecified atom stereocenters. The largest absolute Gasteiger partial charge is 0.444 e. The van der Waals surface area contributed by atoms with Crippen LogP contribution in [0.3, 0.4) is 0 Å². The second-order valence-corrected chi connectivity index (χ2v) is 6.12. The Morgan fingerprint density at radius 1 is 1.33 bits per heavy atom. The van der Waals surface area contributed by atoms with Crippen LogP contribution < -0.4 is 5.32 Å². The first kappa shape index (κ1) is 15.3. The van der Waals surface area contributed by atoms with Gasteiger partial charge in [0.1, 0.15) is 5.60 Å². The SMILES string of the molecule is CC(C)(C)OC(=O)N1CC[C@@H](NC(=O)c2ccncc2)C1. The number of aromatic nitrogens is 1. The average molecular weight is 291 g/mol. The highest BCUT2D eigenvalue weighted by atomic mass is 16.6. The van der Waals surface area contributed by atoms with E-state index in [4.69, 9.17) is 4.74 Å². The van der Waals surface area contributed by atoms with E-state index in [1.165, 1.54) is 0 Å². The van der Waals surface area contributed by atoms with Gasteiger partial charge in [-0.1, -0.05) is 0 Å². The molecule has 114 valence electrons. The van der Waals surface area contributed by atoms with Crippen LogP contribution in [0.5, 0.6) is 0 Å². The topological polar surface area (TPSA) is 71.5 Å². The van der Waals surface area contributed by atoms with Crippen LogP contribution in [0.2, 0.25) is 0 Å². The zero-order valence-corrected chi connectivity index (χ0v) is 12.6. The zero-order chi connectivity index (χ0) is 15.5. The van der Waals surface area contributed by atoms with Crippen molar-refractivity contribution in [1.29, 1.82) is 0 Å². The third kappa shape index (κ3) is 4.44. The lowest BCUT2D eigenvalue weighted by Gasteiger charge is -2.24. The average Bonchev–Trinajstić information content (AvgIpc) is 2.86. The minimum absolute atomic E-state index is 0.0433. The molecule has 0 saturated carbocycles. The van der Waals surface area contributed by atoms with Gasteiger partial charge in [0.05, 0.1) is 0 Å². The van der Waals surface area contributed by atoms with Crippen LogP contribution in [0.15, 0.2) is 24.5 Å². The Bertz CT molecular complexity index is 511. The van der Waals surface area contributed by atoms with Crippen molar-refractivity contribution in [3.8, 4) is 0 Å². The maximum absolute atomic E-state index is 12.0. The summed E-state index contributed by atoms with van der Waals surface area (Å²) in [6.45, 7) is 6.58. The molecule has 0 spiro atoms. The highest BCUT2D eigenvalue weighted by molar-refractivity contribution is 5.94. The molecule has 0 bridgehead atoms. The van der Waals surface area contributed by atoms with Crippen LogP contribution in [0.1, 0.15) is 37.6 Å². The van der Waals surface area contributed by atoms with E-state index in [-0.39, 0.29) is 18.0 Å². The molecule has 21 heavy (non-hydrogen) atoms. The van der Waals surface area contributed by atoms with E-state index in [0.717, 1.165) is 6.42 Å². The number of hydrogen-bond acceptors (Lipinski definition) is 4. The van der Waals surface area contributed by atoms with Crippen molar-refractivity contribution in [2.45, 2.75) is 38.8 Å². The van der Waals surface area contributed by atoms with E-state index in [1.807, 2.05) is 20.8 Å². The number of rotatable bonds is 2. The molecule has 0 aliphatic carbocycles. The number of hydrogen-bond donors (Lipinski definition) is 1. The number of carbonyl (C=O) groups excluding carboxylic acids is 2. The normalized spacial score (nSPS) is 18.4. The fraction of sp³-hybridized carbons (Fsp3) is 0.533. The van der Waals surface area contributed by atoms with E-state index in [2.05, 4.69) is 10.3 Å². The number of nitrogens with one attached hydrogen (secondary N) is 1. The summed E-state index contributed by atoms with van der Waals surface area (Å²) in [6, 6.07) is 3.28. The predicted octanol–water partition coefficient (Wildman–Crippen LogP) is 1.82. The van der Waals surface area contributed by atoms with Gasteiger partial charge in [0.15, 0.2) is 0 Å². The van der Waals surface area contributed by atoms with Crippen molar-refractivity contribution < 1.29 is 14.3 Å². The molecular formula is C15H21N3O3. The van der Waals surface area contributed by atoms with Gasteiger partial charge in [0.25, 0.3) is 5.91 Å². The van der Waals surface area contributed by atoms with Gasteiger partial charge in [0.2, 0.25) is 0 Å². The Morgan fingerprint density at radius 2 is 2.00 bits per heavy atom.